The van der Waals surface area contributed by atoms with Gasteiger partial charge in [0.15, 0.2) is 6.61 Å². The van der Waals surface area contributed by atoms with Gasteiger partial charge in [0.1, 0.15) is 11.5 Å². The average Bonchev–Trinajstić information content (AvgIpc) is 2.99. The van der Waals surface area contributed by atoms with Crippen molar-refractivity contribution in [3.05, 3.63) is 60.2 Å². The van der Waals surface area contributed by atoms with E-state index in [0.717, 1.165) is 12.2 Å². The van der Waals surface area contributed by atoms with Gasteiger partial charge in [-0.2, -0.15) is 0 Å². The molecular weight excluding hydrogens is 356 g/mol. The van der Waals surface area contributed by atoms with Crippen LogP contribution in [-0.4, -0.2) is 61.0 Å². The number of hydrogen-bond donors (Lipinski definition) is 0. The molecule has 0 N–H and O–H groups in total. The Morgan fingerprint density at radius 2 is 1.46 bits per heavy atom. The van der Waals surface area contributed by atoms with Crippen LogP contribution in [0.25, 0.3) is 0 Å². The number of benzene rings is 2. The summed E-state index contributed by atoms with van der Waals surface area (Å²) in [7, 11) is 0. The van der Waals surface area contributed by atoms with Crippen molar-refractivity contribution in [1.82, 2.24) is 9.80 Å². The first kappa shape index (κ1) is 19.7. The first-order valence-electron chi connectivity index (χ1n) is 9.65. The lowest BCUT2D eigenvalue weighted by Gasteiger charge is -2.22. The molecule has 0 radical (unpaired) electrons. The molecule has 28 heavy (non-hydrogen) atoms. The second kappa shape index (κ2) is 9.78. The topological polar surface area (TPSA) is 59.1 Å². The Kier molecular flexibility index (Phi) is 6.89. The lowest BCUT2D eigenvalue weighted by Crippen LogP contribution is -2.39. The maximum atomic E-state index is 12.8. The number of rotatable bonds is 6. The zero-order valence-corrected chi connectivity index (χ0v) is 16.2. The number of carbonyl (C=O) groups is 2. The van der Waals surface area contributed by atoms with Crippen molar-refractivity contribution >= 4 is 11.8 Å². The fourth-order valence-corrected chi connectivity index (χ4v) is 3.17. The average molecular weight is 382 g/mol. The Morgan fingerprint density at radius 1 is 0.821 bits per heavy atom. The van der Waals surface area contributed by atoms with Gasteiger partial charge < -0.3 is 19.3 Å². The maximum absolute atomic E-state index is 12.8. The van der Waals surface area contributed by atoms with Crippen molar-refractivity contribution in [2.75, 3.05) is 39.4 Å². The molecule has 3 rings (SSSR count). The van der Waals surface area contributed by atoms with E-state index in [1.807, 2.05) is 49.4 Å². The van der Waals surface area contributed by atoms with Gasteiger partial charge >= 0.3 is 0 Å². The summed E-state index contributed by atoms with van der Waals surface area (Å²) in [6, 6.07) is 16.5. The van der Waals surface area contributed by atoms with Crippen LogP contribution in [0.4, 0.5) is 0 Å². The van der Waals surface area contributed by atoms with E-state index in [9.17, 15) is 9.59 Å². The van der Waals surface area contributed by atoms with Gasteiger partial charge in [-0.3, -0.25) is 9.59 Å². The molecule has 6 nitrogen and oxygen atoms in total. The Morgan fingerprint density at radius 3 is 2.18 bits per heavy atom. The number of carbonyl (C=O) groups excluding carboxylic acids is 2. The second-order valence-corrected chi connectivity index (χ2v) is 6.59. The quantitative estimate of drug-likeness (QED) is 0.771. The molecule has 0 spiro atoms. The van der Waals surface area contributed by atoms with Gasteiger partial charge in [-0.25, -0.2) is 0 Å². The summed E-state index contributed by atoms with van der Waals surface area (Å²) in [5, 5.41) is 0. The van der Waals surface area contributed by atoms with Crippen LogP contribution < -0.4 is 9.47 Å². The van der Waals surface area contributed by atoms with Crippen LogP contribution in [0.3, 0.4) is 0 Å². The fourth-order valence-electron chi connectivity index (χ4n) is 3.17. The zero-order chi connectivity index (χ0) is 19.8. The normalized spacial score (nSPS) is 14.3. The lowest BCUT2D eigenvalue weighted by molar-refractivity contribution is -0.133. The van der Waals surface area contributed by atoms with E-state index in [1.54, 1.807) is 21.9 Å². The minimum atomic E-state index is -0.0563. The van der Waals surface area contributed by atoms with E-state index in [2.05, 4.69) is 0 Å². The SMILES string of the molecule is CCOc1ccc(C(=O)N2CCCN(C(=O)COc3ccccc3)CC2)cc1. The molecule has 6 heteroatoms. The van der Waals surface area contributed by atoms with Crippen LogP contribution in [0.2, 0.25) is 0 Å². The van der Waals surface area contributed by atoms with E-state index < -0.39 is 0 Å². The molecule has 1 saturated heterocycles. The largest absolute Gasteiger partial charge is 0.494 e. The Balaban J connectivity index is 1.52. The number of nitrogens with zero attached hydrogens (tertiary/aromatic N) is 2. The zero-order valence-electron chi connectivity index (χ0n) is 16.2. The third-order valence-electron chi connectivity index (χ3n) is 4.65. The highest BCUT2D eigenvalue weighted by atomic mass is 16.5. The van der Waals surface area contributed by atoms with Crippen molar-refractivity contribution in [2.45, 2.75) is 13.3 Å². The van der Waals surface area contributed by atoms with Crippen molar-refractivity contribution in [1.29, 1.82) is 0 Å². The van der Waals surface area contributed by atoms with Crippen molar-refractivity contribution in [3.8, 4) is 11.5 Å². The van der Waals surface area contributed by atoms with Crippen LogP contribution in [0.15, 0.2) is 54.6 Å². The van der Waals surface area contributed by atoms with E-state index >= 15 is 0 Å². The summed E-state index contributed by atoms with van der Waals surface area (Å²) < 4.78 is 11.0. The molecular formula is C22H26N2O4. The summed E-state index contributed by atoms with van der Waals surface area (Å²) in [5.74, 6) is 1.36. The molecule has 0 atom stereocenters. The van der Waals surface area contributed by atoms with Gasteiger partial charge in [-0.05, 0) is 49.7 Å². The van der Waals surface area contributed by atoms with E-state index in [-0.39, 0.29) is 18.4 Å². The second-order valence-electron chi connectivity index (χ2n) is 6.59. The fraction of sp³-hybridized carbons (Fsp3) is 0.364. The first-order chi connectivity index (χ1) is 13.7. The molecule has 0 aromatic heterocycles. The van der Waals surface area contributed by atoms with Crippen molar-refractivity contribution < 1.29 is 19.1 Å². The van der Waals surface area contributed by atoms with Gasteiger partial charge in [0, 0.05) is 31.7 Å². The summed E-state index contributed by atoms with van der Waals surface area (Å²) in [6.07, 6.45) is 0.750. The molecule has 148 valence electrons. The van der Waals surface area contributed by atoms with Crippen molar-refractivity contribution in [3.63, 3.8) is 0 Å². The molecule has 2 aromatic carbocycles. The predicted octanol–water partition coefficient (Wildman–Crippen LogP) is 2.84. The summed E-state index contributed by atoms with van der Waals surface area (Å²) in [4.78, 5) is 28.8. The highest BCUT2D eigenvalue weighted by Gasteiger charge is 2.23. The van der Waals surface area contributed by atoms with Crippen molar-refractivity contribution in [2.24, 2.45) is 0 Å². The summed E-state index contributed by atoms with van der Waals surface area (Å²) in [5.41, 5.74) is 0.635. The lowest BCUT2D eigenvalue weighted by atomic mass is 10.2. The van der Waals surface area contributed by atoms with Gasteiger partial charge in [0.25, 0.3) is 11.8 Å². The molecule has 1 heterocycles. The van der Waals surface area contributed by atoms with Gasteiger partial charge in [-0.1, -0.05) is 18.2 Å². The smallest absolute Gasteiger partial charge is 0.260 e. The molecule has 0 saturated carbocycles. The molecule has 1 aliphatic rings. The monoisotopic (exact) mass is 382 g/mol. The predicted molar refractivity (Wildman–Crippen MR) is 107 cm³/mol. The van der Waals surface area contributed by atoms with Gasteiger partial charge in [0.05, 0.1) is 6.61 Å². The van der Waals surface area contributed by atoms with Gasteiger partial charge in [-0.15, -0.1) is 0 Å². The number of ether oxygens (including phenoxy) is 2. The van der Waals surface area contributed by atoms with Crippen LogP contribution >= 0.6 is 0 Å². The van der Waals surface area contributed by atoms with Crippen LogP contribution in [0, 0.1) is 0 Å². The number of hydrogen-bond acceptors (Lipinski definition) is 4. The highest BCUT2D eigenvalue weighted by Crippen LogP contribution is 2.15. The Hall–Kier alpha value is -3.02. The molecule has 0 unspecified atom stereocenters. The van der Waals surface area contributed by atoms with Crippen LogP contribution in [-0.2, 0) is 4.79 Å². The van der Waals surface area contributed by atoms with Crippen LogP contribution in [0.1, 0.15) is 23.7 Å². The Bertz CT molecular complexity index is 777. The van der Waals surface area contributed by atoms with E-state index in [1.165, 1.54) is 0 Å². The summed E-state index contributed by atoms with van der Waals surface area (Å²) >= 11 is 0. The molecule has 2 aromatic rings. The molecule has 1 fully saturated rings. The molecule has 0 bridgehead atoms. The third kappa shape index (κ3) is 5.25. The Labute approximate surface area is 165 Å². The minimum absolute atomic E-state index is 0.0108. The number of para-hydroxylation sites is 1. The van der Waals surface area contributed by atoms with Crippen LogP contribution in [0.5, 0.6) is 11.5 Å². The van der Waals surface area contributed by atoms with E-state index in [0.29, 0.717) is 44.1 Å². The minimum Gasteiger partial charge on any atom is -0.494 e. The summed E-state index contributed by atoms with van der Waals surface area (Å²) in [6.45, 7) is 4.82. The molecule has 2 amide bonds. The maximum Gasteiger partial charge on any atom is 0.260 e. The standard InChI is InChI=1S/C22H26N2O4/c1-2-27-20-11-9-18(10-12-20)22(26)24-14-6-13-23(15-16-24)21(25)17-28-19-7-4-3-5-8-19/h3-5,7-12H,2,6,13-17H2,1H3. The van der Waals surface area contributed by atoms with E-state index in [4.69, 9.17) is 9.47 Å². The highest BCUT2D eigenvalue weighted by molar-refractivity contribution is 5.94. The third-order valence-corrected chi connectivity index (χ3v) is 4.65. The first-order valence-corrected chi connectivity index (χ1v) is 9.65. The van der Waals surface area contributed by atoms with Gasteiger partial charge in [0.2, 0.25) is 0 Å². The number of amides is 2. The molecule has 0 aliphatic carbocycles. The molecule has 1 aliphatic heterocycles.